The zero-order valence-corrected chi connectivity index (χ0v) is 5.90. The van der Waals surface area contributed by atoms with Gasteiger partial charge in [-0.15, -0.1) is 0 Å². The summed E-state index contributed by atoms with van der Waals surface area (Å²) in [6, 6.07) is 0. The number of hydrogen-bond donors (Lipinski definition) is 3. The zero-order chi connectivity index (χ0) is 8.59. The lowest BCUT2D eigenvalue weighted by Crippen LogP contribution is -2.27. The monoisotopic (exact) mass is 156 g/mol. The van der Waals surface area contributed by atoms with Crippen molar-refractivity contribution in [2.75, 3.05) is 0 Å². The maximum absolute atomic E-state index is 10.8. The van der Waals surface area contributed by atoms with Gasteiger partial charge in [-0.3, -0.25) is 4.79 Å². The van der Waals surface area contributed by atoms with Crippen LogP contribution in [0.4, 0.5) is 0 Å². The molecule has 1 unspecified atom stereocenters. The molecule has 0 saturated carbocycles. The van der Waals surface area contributed by atoms with E-state index in [9.17, 15) is 4.79 Å². The second-order valence-electron chi connectivity index (χ2n) is 2.36. The van der Waals surface area contributed by atoms with Crippen LogP contribution < -0.4 is 0 Å². The van der Waals surface area contributed by atoms with E-state index < -0.39 is 17.6 Å². The Morgan fingerprint density at radius 2 is 2.00 bits per heavy atom. The van der Waals surface area contributed by atoms with E-state index in [1.165, 1.54) is 6.92 Å². The van der Waals surface area contributed by atoms with Crippen LogP contribution in [-0.2, 0) is 4.79 Å². The first-order valence-electron chi connectivity index (χ1n) is 3.06. The molecule has 4 heteroatoms. The van der Waals surface area contributed by atoms with Crippen LogP contribution in [0.5, 0.6) is 0 Å². The Morgan fingerprint density at radius 3 is 2.55 bits per heavy atom. The second-order valence-corrected chi connectivity index (χ2v) is 2.36. The molecular weight excluding hydrogens is 148 g/mol. The molecule has 0 spiro atoms. The van der Waals surface area contributed by atoms with Crippen LogP contribution in [0.25, 0.3) is 0 Å². The minimum absolute atomic E-state index is 0.160. The molecule has 0 heterocycles. The summed E-state index contributed by atoms with van der Waals surface area (Å²) in [5, 5.41) is 26.8. The quantitative estimate of drug-likeness (QED) is 0.468. The zero-order valence-electron chi connectivity index (χ0n) is 5.90. The molecule has 0 aromatic heterocycles. The van der Waals surface area contributed by atoms with E-state index >= 15 is 0 Å². The van der Waals surface area contributed by atoms with Crippen molar-refractivity contribution in [1.29, 1.82) is 0 Å². The average Bonchev–Trinajstić information content (AvgIpc) is 1.97. The van der Waals surface area contributed by atoms with Crippen molar-refractivity contribution in [3.63, 3.8) is 0 Å². The summed E-state index contributed by atoms with van der Waals surface area (Å²) in [6.45, 7) is 1.42. The molecule has 60 valence electrons. The van der Waals surface area contributed by atoms with Gasteiger partial charge in [-0.05, 0) is 6.92 Å². The highest BCUT2D eigenvalue weighted by molar-refractivity contribution is 6.00. The number of aliphatic hydroxyl groups is 3. The molecule has 0 aliphatic heterocycles. The fourth-order valence-corrected chi connectivity index (χ4v) is 0.791. The molecule has 1 aliphatic rings. The molecule has 1 aliphatic carbocycles. The van der Waals surface area contributed by atoms with Crippen molar-refractivity contribution in [1.82, 2.24) is 0 Å². The molecule has 0 fully saturated rings. The fraction of sp³-hybridized carbons (Fsp3) is 0.286. The van der Waals surface area contributed by atoms with E-state index in [-0.39, 0.29) is 11.3 Å². The summed E-state index contributed by atoms with van der Waals surface area (Å²) < 4.78 is 0. The third-order valence-corrected chi connectivity index (χ3v) is 1.59. The Morgan fingerprint density at radius 1 is 1.45 bits per heavy atom. The minimum Gasteiger partial charge on any atom is -0.508 e. The summed E-state index contributed by atoms with van der Waals surface area (Å²) in [6.07, 6.45) is -0.482. The Labute approximate surface area is 63.1 Å². The topological polar surface area (TPSA) is 77.8 Å². The van der Waals surface area contributed by atoms with Gasteiger partial charge in [0.25, 0.3) is 0 Å². The first-order chi connectivity index (χ1) is 5.04. The lowest BCUT2D eigenvalue weighted by atomic mass is 9.99. The third-order valence-electron chi connectivity index (χ3n) is 1.59. The second kappa shape index (κ2) is 2.39. The summed E-state index contributed by atoms with van der Waals surface area (Å²) >= 11 is 0. The van der Waals surface area contributed by atoms with Crippen molar-refractivity contribution in [3.05, 3.63) is 23.2 Å². The highest BCUT2D eigenvalue weighted by Crippen LogP contribution is 2.17. The number of carbonyl (C=O) groups is 1. The molecule has 3 N–H and O–H groups in total. The van der Waals surface area contributed by atoms with Crippen LogP contribution >= 0.6 is 0 Å². The summed E-state index contributed by atoms with van der Waals surface area (Å²) in [5.41, 5.74) is 0.160. The van der Waals surface area contributed by atoms with Crippen LogP contribution in [0.1, 0.15) is 6.92 Å². The van der Waals surface area contributed by atoms with E-state index in [0.29, 0.717) is 0 Å². The molecule has 0 aromatic rings. The van der Waals surface area contributed by atoms with E-state index in [2.05, 4.69) is 0 Å². The van der Waals surface area contributed by atoms with Crippen molar-refractivity contribution in [2.45, 2.75) is 13.0 Å². The minimum atomic E-state index is -1.40. The van der Waals surface area contributed by atoms with Gasteiger partial charge < -0.3 is 15.3 Å². The number of hydrogen-bond acceptors (Lipinski definition) is 4. The van der Waals surface area contributed by atoms with Crippen LogP contribution in [0.15, 0.2) is 23.2 Å². The number of aliphatic hydroxyl groups excluding tert-OH is 3. The SMILES string of the molecule is CC1=C(O)C=C(O)C(=O)C1O. The van der Waals surface area contributed by atoms with E-state index in [1.54, 1.807) is 0 Å². The Balaban J connectivity index is 3.11. The van der Waals surface area contributed by atoms with Crippen LogP contribution in [-0.4, -0.2) is 27.2 Å². The molecule has 4 nitrogen and oxygen atoms in total. The standard InChI is InChI=1S/C7H8O4/c1-3-4(8)2-5(9)7(11)6(3)10/h2,6,8-10H,1H3. The summed E-state index contributed by atoms with van der Waals surface area (Å²) in [4.78, 5) is 10.8. The van der Waals surface area contributed by atoms with Gasteiger partial charge in [-0.25, -0.2) is 0 Å². The van der Waals surface area contributed by atoms with Crippen LogP contribution in [0.2, 0.25) is 0 Å². The highest BCUT2D eigenvalue weighted by Gasteiger charge is 2.27. The molecule has 0 radical (unpaired) electrons. The molecule has 1 rings (SSSR count). The van der Waals surface area contributed by atoms with Gasteiger partial charge in [0.15, 0.2) is 5.76 Å². The Hall–Kier alpha value is -1.29. The van der Waals surface area contributed by atoms with Gasteiger partial charge in [0, 0.05) is 11.6 Å². The third kappa shape index (κ3) is 1.12. The Bertz CT molecular complexity index is 262. The maximum Gasteiger partial charge on any atom is 0.229 e. The number of rotatable bonds is 0. The first kappa shape index (κ1) is 7.81. The fourth-order valence-electron chi connectivity index (χ4n) is 0.791. The van der Waals surface area contributed by atoms with Crippen LogP contribution in [0, 0.1) is 0 Å². The van der Waals surface area contributed by atoms with Crippen molar-refractivity contribution in [3.8, 4) is 0 Å². The molecule has 0 aromatic carbocycles. The predicted octanol–water partition coefficient (Wildman–Crippen LogP) is 0.204. The average molecular weight is 156 g/mol. The maximum atomic E-state index is 10.8. The van der Waals surface area contributed by atoms with Crippen molar-refractivity contribution >= 4 is 5.78 Å². The molecule has 0 saturated heterocycles. The van der Waals surface area contributed by atoms with Crippen molar-refractivity contribution < 1.29 is 20.1 Å². The number of ketones is 1. The van der Waals surface area contributed by atoms with Gasteiger partial charge in [0.05, 0.1) is 0 Å². The van der Waals surface area contributed by atoms with Crippen LogP contribution in [0.3, 0.4) is 0 Å². The molecule has 0 bridgehead atoms. The van der Waals surface area contributed by atoms with E-state index in [1.807, 2.05) is 0 Å². The largest absolute Gasteiger partial charge is 0.508 e. The Kier molecular flexibility index (Phi) is 1.70. The van der Waals surface area contributed by atoms with Gasteiger partial charge >= 0.3 is 0 Å². The van der Waals surface area contributed by atoms with Gasteiger partial charge in [0.2, 0.25) is 5.78 Å². The lowest BCUT2D eigenvalue weighted by Gasteiger charge is -2.14. The predicted molar refractivity (Wildman–Crippen MR) is 37.1 cm³/mol. The molecular formula is C7H8O4. The smallest absolute Gasteiger partial charge is 0.229 e. The summed E-state index contributed by atoms with van der Waals surface area (Å²) in [7, 11) is 0. The highest BCUT2D eigenvalue weighted by atomic mass is 16.3. The lowest BCUT2D eigenvalue weighted by molar-refractivity contribution is -0.124. The number of Topliss-reactive ketones (excluding diaryl/α,β-unsaturated/α-hetero) is 1. The molecule has 0 amide bonds. The first-order valence-corrected chi connectivity index (χ1v) is 3.06. The van der Waals surface area contributed by atoms with Gasteiger partial charge in [-0.1, -0.05) is 0 Å². The van der Waals surface area contributed by atoms with Gasteiger partial charge in [-0.2, -0.15) is 0 Å². The van der Waals surface area contributed by atoms with Crippen molar-refractivity contribution in [2.24, 2.45) is 0 Å². The normalized spacial score (nSPS) is 25.5. The molecule has 1 atom stereocenters. The van der Waals surface area contributed by atoms with Gasteiger partial charge in [0.1, 0.15) is 11.9 Å². The number of allylic oxidation sites excluding steroid dienone is 1. The van der Waals surface area contributed by atoms with E-state index in [4.69, 9.17) is 15.3 Å². The summed E-state index contributed by atoms with van der Waals surface area (Å²) in [5.74, 6) is -1.64. The molecule has 11 heavy (non-hydrogen) atoms. The number of carbonyl (C=O) groups excluding carboxylic acids is 1. The van der Waals surface area contributed by atoms with E-state index in [0.717, 1.165) is 6.08 Å².